The van der Waals surface area contributed by atoms with Crippen LogP contribution in [0, 0.1) is 0 Å². The first kappa shape index (κ1) is 27.3. The van der Waals surface area contributed by atoms with E-state index in [1.54, 1.807) is 0 Å². The number of hydrogen-bond donors (Lipinski definition) is 1. The van der Waals surface area contributed by atoms with Crippen LogP contribution in [0.5, 0.6) is 0 Å². The first-order valence-corrected chi connectivity index (χ1v) is 17.3. The fourth-order valence-corrected chi connectivity index (χ4v) is 8.39. The molecule has 1 N–H and O–H groups in total. The molecule has 1 aliphatic heterocycles. The lowest BCUT2D eigenvalue weighted by molar-refractivity contribution is 1.19. The van der Waals surface area contributed by atoms with Gasteiger partial charge in [-0.05, 0) is 81.4 Å². The number of rotatable bonds is 3. The van der Waals surface area contributed by atoms with Crippen LogP contribution in [0.4, 0.5) is 0 Å². The summed E-state index contributed by atoms with van der Waals surface area (Å²) >= 11 is 0. The minimum absolute atomic E-state index is 1.16. The van der Waals surface area contributed by atoms with Crippen LogP contribution >= 0.6 is 0 Å². The van der Waals surface area contributed by atoms with Crippen molar-refractivity contribution in [1.29, 1.82) is 0 Å². The Morgan fingerprint density at radius 3 is 1.78 bits per heavy atom. The summed E-state index contributed by atoms with van der Waals surface area (Å²) in [4.78, 5) is 3.74. The zero-order valence-electron chi connectivity index (χ0n) is 27.2. The second-order valence-corrected chi connectivity index (χ2v) is 13.4. The van der Waals surface area contributed by atoms with E-state index < -0.39 is 0 Å². The van der Waals surface area contributed by atoms with Gasteiger partial charge in [0.15, 0.2) is 0 Å². The Morgan fingerprint density at radius 2 is 0.960 bits per heavy atom. The monoisotopic (exact) mass is 634 g/mol. The summed E-state index contributed by atoms with van der Waals surface area (Å²) in [6, 6.07) is 64.6. The van der Waals surface area contributed by atoms with Gasteiger partial charge in [0.05, 0.1) is 22.2 Å². The highest BCUT2D eigenvalue weighted by atomic mass is 15.0. The number of para-hydroxylation sites is 2. The van der Waals surface area contributed by atoms with Crippen molar-refractivity contribution in [1.82, 2.24) is 9.55 Å². The Hall–Kier alpha value is -6.64. The summed E-state index contributed by atoms with van der Waals surface area (Å²) in [5.41, 5.74) is 18.3. The number of benzene rings is 8. The molecule has 3 heterocycles. The number of nitrogens with one attached hydrogen (secondary N) is 1. The van der Waals surface area contributed by atoms with Crippen molar-refractivity contribution in [3.05, 3.63) is 176 Å². The van der Waals surface area contributed by atoms with Crippen molar-refractivity contribution in [2.45, 2.75) is 0 Å². The number of aromatic nitrogens is 2. The van der Waals surface area contributed by atoms with E-state index in [4.69, 9.17) is 0 Å². The molecule has 8 aromatic carbocycles. The van der Waals surface area contributed by atoms with Crippen molar-refractivity contribution < 1.29 is 0 Å². The normalized spacial score (nSPS) is 12.0. The van der Waals surface area contributed by atoms with Crippen molar-refractivity contribution in [2.75, 3.05) is 0 Å². The first-order valence-electron chi connectivity index (χ1n) is 17.3. The maximum absolute atomic E-state index is 3.74. The highest BCUT2D eigenvalue weighted by Crippen LogP contribution is 2.49. The van der Waals surface area contributed by atoms with Crippen LogP contribution in [0.2, 0.25) is 0 Å². The third kappa shape index (κ3) is 3.90. The van der Waals surface area contributed by atoms with Crippen LogP contribution < -0.4 is 0 Å². The Morgan fingerprint density at radius 1 is 0.340 bits per heavy atom. The molecule has 0 amide bonds. The predicted octanol–water partition coefficient (Wildman–Crippen LogP) is 13.1. The standard InChI is InChI=1S/C48H30N2/c1-3-12-30(13-4-1)32-22-24-45-40(26-32)36-16-7-8-17-37(36)42-28-34(31-14-5-2-6-15-31)29-43-41-27-33(23-25-46(41)50(45)48(42)43)35-19-11-20-39-38-18-9-10-21-44(38)49-47(35)39/h1-29,49H. The molecule has 0 fully saturated rings. The largest absolute Gasteiger partial charge is 0.354 e. The van der Waals surface area contributed by atoms with E-state index in [2.05, 4.69) is 185 Å². The molecule has 0 bridgehead atoms. The Bertz CT molecular complexity index is 2960. The number of nitrogens with zero attached hydrogens (tertiary/aromatic N) is 1. The van der Waals surface area contributed by atoms with Gasteiger partial charge in [0.1, 0.15) is 0 Å². The zero-order chi connectivity index (χ0) is 32.8. The molecule has 2 nitrogen and oxygen atoms in total. The van der Waals surface area contributed by atoms with Gasteiger partial charge >= 0.3 is 0 Å². The van der Waals surface area contributed by atoms with Gasteiger partial charge in [-0.3, -0.25) is 0 Å². The van der Waals surface area contributed by atoms with Gasteiger partial charge in [-0.1, -0.05) is 133 Å². The first-order chi connectivity index (χ1) is 24.8. The number of hydrogen-bond acceptors (Lipinski definition) is 0. The van der Waals surface area contributed by atoms with E-state index in [1.165, 1.54) is 99.4 Å². The summed E-state index contributed by atoms with van der Waals surface area (Å²) in [6.45, 7) is 0. The van der Waals surface area contributed by atoms with Gasteiger partial charge in [-0.2, -0.15) is 0 Å². The molecule has 10 aromatic rings. The lowest BCUT2D eigenvalue weighted by atomic mass is 9.90. The Balaban J connectivity index is 1.25. The van der Waals surface area contributed by atoms with Crippen molar-refractivity contribution in [3.63, 3.8) is 0 Å². The predicted molar refractivity (Wildman–Crippen MR) is 211 cm³/mol. The average molecular weight is 635 g/mol. The Labute approximate surface area is 289 Å². The minimum atomic E-state index is 1.16. The van der Waals surface area contributed by atoms with Crippen molar-refractivity contribution in [3.8, 4) is 61.3 Å². The van der Waals surface area contributed by atoms with Gasteiger partial charge in [0, 0.05) is 43.8 Å². The van der Waals surface area contributed by atoms with Gasteiger partial charge in [0.2, 0.25) is 0 Å². The molecule has 50 heavy (non-hydrogen) atoms. The summed E-state index contributed by atoms with van der Waals surface area (Å²) in [5, 5.41) is 5.02. The maximum Gasteiger partial charge on any atom is 0.0620 e. The molecule has 2 aromatic heterocycles. The maximum atomic E-state index is 3.74. The van der Waals surface area contributed by atoms with Gasteiger partial charge in [-0.25, -0.2) is 0 Å². The van der Waals surface area contributed by atoms with E-state index >= 15 is 0 Å². The molecule has 0 aliphatic carbocycles. The zero-order valence-corrected chi connectivity index (χ0v) is 27.2. The number of H-pyrrole nitrogens is 1. The molecular formula is C48H30N2. The van der Waals surface area contributed by atoms with Gasteiger partial charge in [-0.15, -0.1) is 0 Å². The molecule has 1 aliphatic rings. The van der Waals surface area contributed by atoms with E-state index in [-0.39, 0.29) is 0 Å². The van der Waals surface area contributed by atoms with E-state index in [0.717, 1.165) is 5.52 Å². The van der Waals surface area contributed by atoms with Crippen LogP contribution in [0.15, 0.2) is 176 Å². The molecule has 0 saturated carbocycles. The molecule has 0 unspecified atom stereocenters. The van der Waals surface area contributed by atoms with Crippen LogP contribution in [0.1, 0.15) is 0 Å². The minimum Gasteiger partial charge on any atom is -0.354 e. The number of fused-ring (bicyclic) bond motifs is 11. The summed E-state index contributed by atoms with van der Waals surface area (Å²) in [5.74, 6) is 0. The van der Waals surface area contributed by atoms with E-state index in [1.807, 2.05) is 0 Å². The average Bonchev–Trinajstić information content (AvgIpc) is 3.70. The van der Waals surface area contributed by atoms with Gasteiger partial charge < -0.3 is 9.55 Å². The van der Waals surface area contributed by atoms with E-state index in [0.29, 0.717) is 0 Å². The SMILES string of the molecule is c1ccc(-c2ccc3c(c2)-c2ccccc2-c2cc(-c4ccccc4)cc4c5cc(-c6cccc7c6[nH]c6ccccc67)ccc5n-3c24)cc1. The van der Waals surface area contributed by atoms with Crippen LogP contribution in [-0.2, 0) is 0 Å². The van der Waals surface area contributed by atoms with Crippen molar-refractivity contribution >= 4 is 43.6 Å². The quantitative estimate of drug-likeness (QED) is 0.200. The Kier molecular flexibility index (Phi) is 5.70. The molecule has 0 saturated heterocycles. The third-order valence-corrected chi connectivity index (χ3v) is 10.7. The molecule has 232 valence electrons. The summed E-state index contributed by atoms with van der Waals surface area (Å²) in [7, 11) is 0. The topological polar surface area (TPSA) is 20.7 Å². The molecule has 2 heteroatoms. The third-order valence-electron chi connectivity index (χ3n) is 10.7. The lowest BCUT2D eigenvalue weighted by Crippen LogP contribution is -1.96. The second-order valence-electron chi connectivity index (χ2n) is 13.4. The van der Waals surface area contributed by atoms with Crippen LogP contribution in [-0.4, -0.2) is 9.55 Å². The van der Waals surface area contributed by atoms with Crippen LogP contribution in [0.3, 0.4) is 0 Å². The molecule has 0 radical (unpaired) electrons. The second kappa shape index (κ2) is 10.4. The molecular weight excluding hydrogens is 605 g/mol. The molecule has 0 atom stereocenters. The van der Waals surface area contributed by atoms with Crippen molar-refractivity contribution in [2.24, 2.45) is 0 Å². The lowest BCUT2D eigenvalue weighted by Gasteiger charge is -2.15. The summed E-state index contributed by atoms with van der Waals surface area (Å²) < 4.78 is 2.52. The number of aromatic amines is 1. The molecule has 11 rings (SSSR count). The molecule has 0 spiro atoms. The summed E-state index contributed by atoms with van der Waals surface area (Å²) in [6.07, 6.45) is 0. The van der Waals surface area contributed by atoms with Gasteiger partial charge in [0.25, 0.3) is 0 Å². The fourth-order valence-electron chi connectivity index (χ4n) is 8.39. The van der Waals surface area contributed by atoms with E-state index in [9.17, 15) is 0 Å². The smallest absolute Gasteiger partial charge is 0.0620 e. The van der Waals surface area contributed by atoms with Crippen LogP contribution in [0.25, 0.3) is 105 Å². The highest BCUT2D eigenvalue weighted by Gasteiger charge is 2.26. The fraction of sp³-hybridized carbons (Fsp3) is 0. The highest BCUT2D eigenvalue weighted by molar-refractivity contribution is 6.19.